The molecular weight excluding hydrogens is 788 g/mol. The van der Waals surface area contributed by atoms with Gasteiger partial charge in [-0.3, -0.25) is 0 Å². The molecule has 9 heterocycles. The number of hydrogen-bond donors (Lipinski definition) is 0. The van der Waals surface area contributed by atoms with E-state index in [0.29, 0.717) is 38.5 Å². The molecule has 0 amide bonds. The van der Waals surface area contributed by atoms with E-state index in [0.717, 1.165) is 0 Å². The first-order valence-corrected chi connectivity index (χ1v) is 19.6. The summed E-state index contributed by atoms with van der Waals surface area (Å²) in [6.45, 7) is 5.40. The standard InChI is InChI=1S/C39H43F6NO12/c1-18-8-10-24-20(28(38(40,41)42)51-32-36(24)22(18)12-14-34(3,53-32)55-57-36)16-49-30(47)26-6-5-7-27(46-26)31(48)50-17-21-25-11-9-19(2)23-13-15-35(4)54-33(37(23,25)58-56-35)52-29(21)39(43,44)45/h5-7,18-19,22-25,32-33H,8-17H2,1-4H3/t18-,19-,22+,23+,24+,25+,32-,33-,34?,35?,36-,37-/m1/s1. The van der Waals surface area contributed by atoms with Gasteiger partial charge >= 0.3 is 24.3 Å². The van der Waals surface area contributed by atoms with Gasteiger partial charge in [0.05, 0.1) is 0 Å². The van der Waals surface area contributed by atoms with E-state index in [1.807, 2.05) is 13.8 Å². The van der Waals surface area contributed by atoms with Gasteiger partial charge in [-0.05, 0) is 76.3 Å². The summed E-state index contributed by atoms with van der Waals surface area (Å²) >= 11 is 0. The number of carbonyl (C=O) groups excluding carboxylic acids is 2. The van der Waals surface area contributed by atoms with Crippen molar-refractivity contribution in [3.8, 4) is 0 Å². The maximum absolute atomic E-state index is 14.6. The summed E-state index contributed by atoms with van der Waals surface area (Å²) in [6, 6.07) is 3.59. The molecule has 8 aliphatic heterocycles. The number of halogens is 6. The Kier molecular flexibility index (Phi) is 9.30. The van der Waals surface area contributed by atoms with E-state index in [2.05, 4.69) is 4.98 Å². The number of fused-ring (bicyclic) bond motifs is 4. The quantitative estimate of drug-likeness (QED) is 0.159. The fraction of sp³-hybridized carbons (Fsp3) is 0.718. The van der Waals surface area contributed by atoms with Crippen LogP contribution in [-0.4, -0.2) is 77.8 Å². The van der Waals surface area contributed by atoms with Crippen LogP contribution in [0.15, 0.2) is 40.9 Å². The van der Waals surface area contributed by atoms with Gasteiger partial charge in [0.15, 0.2) is 11.2 Å². The molecule has 2 saturated carbocycles. The predicted octanol–water partition coefficient (Wildman–Crippen LogP) is 7.52. The summed E-state index contributed by atoms with van der Waals surface area (Å²) in [6.07, 6.45) is -9.45. The second-order valence-corrected chi connectivity index (χ2v) is 17.2. The van der Waals surface area contributed by atoms with Gasteiger partial charge in [-0.1, -0.05) is 19.9 Å². The summed E-state index contributed by atoms with van der Waals surface area (Å²) in [5.74, 6) is -10.1. The molecule has 12 atom stereocenters. The molecule has 2 spiro atoms. The molecule has 2 aliphatic carbocycles. The number of esters is 2. The second kappa shape index (κ2) is 13.5. The van der Waals surface area contributed by atoms with Gasteiger partial charge in [0.1, 0.15) is 24.6 Å². The normalized spacial score (nSPS) is 41.7. The van der Waals surface area contributed by atoms with Crippen molar-refractivity contribution in [1.29, 1.82) is 0 Å². The molecule has 11 rings (SSSR count). The van der Waals surface area contributed by atoms with E-state index in [4.69, 9.17) is 48.0 Å². The minimum absolute atomic E-state index is 0.0339. The monoisotopic (exact) mass is 831 g/mol. The fourth-order valence-electron chi connectivity index (χ4n) is 10.9. The van der Waals surface area contributed by atoms with Gasteiger partial charge in [0.2, 0.25) is 35.7 Å². The highest BCUT2D eigenvalue weighted by molar-refractivity contribution is 5.91. The van der Waals surface area contributed by atoms with Crippen LogP contribution < -0.4 is 0 Å². The van der Waals surface area contributed by atoms with Gasteiger partial charge in [-0.25, -0.2) is 34.1 Å². The first-order chi connectivity index (χ1) is 27.3. The van der Waals surface area contributed by atoms with Crippen molar-refractivity contribution in [3.63, 3.8) is 0 Å². The van der Waals surface area contributed by atoms with Crippen molar-refractivity contribution in [2.24, 2.45) is 35.5 Å². The fourth-order valence-corrected chi connectivity index (χ4v) is 10.9. The van der Waals surface area contributed by atoms with Gasteiger partial charge in [0.25, 0.3) is 0 Å². The smallest absolute Gasteiger partial charge is 0.449 e. The number of ether oxygens (including phenoxy) is 6. The Bertz CT molecular complexity index is 1810. The first kappa shape index (κ1) is 39.9. The number of pyridine rings is 1. The lowest BCUT2D eigenvalue weighted by molar-refractivity contribution is -0.558. The third-order valence-electron chi connectivity index (χ3n) is 13.7. The molecule has 0 N–H and O–H groups in total. The zero-order valence-corrected chi connectivity index (χ0v) is 32.0. The third-order valence-corrected chi connectivity index (χ3v) is 13.7. The van der Waals surface area contributed by atoms with Crippen LogP contribution in [0.3, 0.4) is 0 Å². The zero-order valence-electron chi connectivity index (χ0n) is 32.0. The molecule has 19 heteroatoms. The number of aromatic nitrogens is 1. The topological polar surface area (TPSA) is 139 Å². The average Bonchev–Trinajstić information content (AvgIpc) is 3.55. The summed E-state index contributed by atoms with van der Waals surface area (Å²) in [5, 5.41) is 0. The SMILES string of the molecule is C[C@@H]1CC[C@H]2C(COC(=O)c3cccc(C(=O)OCC4=C(C(F)(F)F)O[C@@H]5OC6(C)CC[C@H]7[C@H](C)CC[C@@H]4[C@@]57OO6)n3)=C(C(F)(F)F)O[C@@H]3OC4(C)CC[C@@H]1[C@]32OO4. The molecule has 10 aliphatic rings. The van der Waals surface area contributed by atoms with Crippen LogP contribution in [0.5, 0.6) is 0 Å². The molecular formula is C39H43F6NO12. The van der Waals surface area contributed by atoms with Crippen molar-refractivity contribution in [1.82, 2.24) is 4.98 Å². The van der Waals surface area contributed by atoms with Gasteiger partial charge in [-0.15, -0.1) is 0 Å². The highest BCUT2D eigenvalue weighted by Gasteiger charge is 2.72. The average molecular weight is 832 g/mol. The number of carbonyl (C=O) groups is 2. The van der Waals surface area contributed by atoms with E-state index in [9.17, 15) is 35.9 Å². The molecule has 8 fully saturated rings. The third kappa shape index (κ3) is 6.15. The number of rotatable bonds is 6. The minimum Gasteiger partial charge on any atom is -0.456 e. The molecule has 13 nitrogen and oxygen atoms in total. The van der Waals surface area contributed by atoms with Crippen LogP contribution >= 0.6 is 0 Å². The molecule has 0 radical (unpaired) electrons. The van der Waals surface area contributed by atoms with Crippen LogP contribution in [-0.2, 0) is 48.0 Å². The van der Waals surface area contributed by atoms with Crippen LogP contribution in [0.1, 0.15) is 100 Å². The minimum atomic E-state index is -4.98. The Morgan fingerprint density at radius 3 is 1.48 bits per heavy atom. The maximum Gasteiger partial charge on any atom is 0.449 e. The lowest BCUT2D eigenvalue weighted by Crippen LogP contribution is -2.67. The van der Waals surface area contributed by atoms with Crippen LogP contribution in [0.4, 0.5) is 26.3 Å². The molecule has 0 aromatic carbocycles. The number of allylic oxidation sites excluding steroid dienone is 2. The van der Waals surface area contributed by atoms with E-state index in [1.54, 1.807) is 13.8 Å². The Balaban J connectivity index is 0.944. The molecule has 6 saturated heterocycles. The Morgan fingerprint density at radius 2 is 1.09 bits per heavy atom. The number of hydrogen-bond acceptors (Lipinski definition) is 13. The van der Waals surface area contributed by atoms with E-state index < -0.39 is 108 Å². The lowest BCUT2D eigenvalue weighted by Gasteiger charge is -2.57. The molecule has 58 heavy (non-hydrogen) atoms. The van der Waals surface area contributed by atoms with E-state index >= 15 is 0 Å². The second-order valence-electron chi connectivity index (χ2n) is 17.2. The molecule has 1 aromatic rings. The number of nitrogens with zero attached hydrogens (tertiary/aromatic N) is 1. The van der Waals surface area contributed by atoms with Gasteiger partial charge < -0.3 is 28.4 Å². The summed E-state index contributed by atoms with van der Waals surface area (Å²) < 4.78 is 122. The molecule has 2 unspecified atom stereocenters. The van der Waals surface area contributed by atoms with Crippen LogP contribution in [0, 0.1) is 35.5 Å². The number of alkyl halides is 6. The highest BCUT2D eigenvalue weighted by atomic mass is 19.4. The zero-order chi connectivity index (χ0) is 41.2. The Labute approximate surface area is 328 Å². The lowest BCUT2D eigenvalue weighted by atomic mass is 9.59. The van der Waals surface area contributed by atoms with E-state index in [1.165, 1.54) is 18.2 Å². The predicted molar refractivity (Wildman–Crippen MR) is 179 cm³/mol. The van der Waals surface area contributed by atoms with Crippen LogP contribution in [0.2, 0.25) is 0 Å². The Hall–Kier alpha value is -3.49. The van der Waals surface area contributed by atoms with Gasteiger partial charge in [-0.2, -0.15) is 26.3 Å². The van der Waals surface area contributed by atoms with Crippen molar-refractivity contribution in [3.05, 3.63) is 52.3 Å². The summed E-state index contributed by atoms with van der Waals surface area (Å²) in [4.78, 5) is 54.0. The van der Waals surface area contributed by atoms with Crippen molar-refractivity contribution < 1.29 is 83.9 Å². The molecule has 4 bridgehead atoms. The Morgan fingerprint density at radius 1 is 0.672 bits per heavy atom. The molecule has 318 valence electrons. The van der Waals surface area contributed by atoms with Crippen molar-refractivity contribution in [2.45, 2.75) is 127 Å². The summed E-state index contributed by atoms with van der Waals surface area (Å²) in [5.41, 5.74) is -4.52. The summed E-state index contributed by atoms with van der Waals surface area (Å²) in [7, 11) is 0. The molecule has 1 aromatic heterocycles. The van der Waals surface area contributed by atoms with Gasteiger partial charge in [0, 0.05) is 47.7 Å². The first-order valence-electron chi connectivity index (χ1n) is 19.6. The van der Waals surface area contributed by atoms with E-state index in [-0.39, 0.29) is 47.7 Å². The maximum atomic E-state index is 14.6. The van der Waals surface area contributed by atoms with Crippen molar-refractivity contribution in [2.75, 3.05) is 13.2 Å². The van der Waals surface area contributed by atoms with Crippen LogP contribution in [0.25, 0.3) is 0 Å². The van der Waals surface area contributed by atoms with Crippen molar-refractivity contribution >= 4 is 11.9 Å². The largest absolute Gasteiger partial charge is 0.456 e. The highest BCUT2D eigenvalue weighted by Crippen LogP contribution is 2.63.